The molecule has 0 fully saturated rings. The molecule has 0 unspecified atom stereocenters. The Kier molecular flexibility index (Phi) is 4.64. The first-order valence-corrected chi connectivity index (χ1v) is 6.61. The van der Waals surface area contributed by atoms with Crippen LogP contribution in [0.1, 0.15) is 11.1 Å². The van der Waals surface area contributed by atoms with Crippen LogP contribution in [0.4, 0.5) is 17.6 Å². The van der Waals surface area contributed by atoms with Crippen LogP contribution in [-0.2, 0) is 12.1 Å². The lowest BCUT2D eigenvalue weighted by Gasteiger charge is -2.13. The van der Waals surface area contributed by atoms with E-state index in [0.29, 0.717) is 0 Å². The smallest absolute Gasteiger partial charge is 0.416 e. The van der Waals surface area contributed by atoms with Gasteiger partial charge in [-0.3, -0.25) is 0 Å². The van der Waals surface area contributed by atoms with Crippen molar-refractivity contribution in [2.75, 3.05) is 0 Å². The minimum Gasteiger partial charge on any atom is -0.457 e. The van der Waals surface area contributed by atoms with Gasteiger partial charge in [-0.05, 0) is 29.8 Å². The quantitative estimate of drug-likeness (QED) is 0.490. The van der Waals surface area contributed by atoms with E-state index in [1.54, 1.807) is 0 Å². The van der Waals surface area contributed by atoms with Crippen LogP contribution in [0.15, 0.2) is 36.4 Å². The van der Waals surface area contributed by atoms with Crippen LogP contribution >= 0.6 is 23.2 Å². The van der Waals surface area contributed by atoms with Gasteiger partial charge < -0.3 is 4.74 Å². The maximum absolute atomic E-state index is 13.0. The van der Waals surface area contributed by atoms with E-state index in [1.165, 1.54) is 24.3 Å². The van der Waals surface area contributed by atoms with Crippen LogP contribution in [-0.4, -0.2) is 0 Å². The Morgan fingerprint density at radius 2 is 1.62 bits per heavy atom. The van der Waals surface area contributed by atoms with Gasteiger partial charge in [-0.2, -0.15) is 13.2 Å². The fraction of sp³-hybridized carbons (Fsp3) is 0.143. The lowest BCUT2D eigenvalue weighted by molar-refractivity contribution is -0.138. The SMILES string of the molecule is Fc1ccc(Oc2ccc(CCl)c(C(F)(F)F)c2)cc1Cl. The van der Waals surface area contributed by atoms with Crippen LogP contribution in [0.5, 0.6) is 11.5 Å². The highest BCUT2D eigenvalue weighted by molar-refractivity contribution is 6.30. The zero-order valence-electron chi connectivity index (χ0n) is 10.3. The zero-order valence-corrected chi connectivity index (χ0v) is 11.9. The Morgan fingerprint density at radius 1 is 1.00 bits per heavy atom. The van der Waals surface area contributed by atoms with Crippen molar-refractivity contribution in [2.24, 2.45) is 0 Å². The average molecular weight is 339 g/mol. The topological polar surface area (TPSA) is 9.23 Å². The van der Waals surface area contributed by atoms with Gasteiger partial charge in [-0.25, -0.2) is 4.39 Å². The minimum absolute atomic E-state index is 0.0427. The normalized spacial score (nSPS) is 11.5. The Hall–Kier alpha value is -1.46. The van der Waals surface area contributed by atoms with Crippen LogP contribution in [0, 0.1) is 5.82 Å². The first-order chi connectivity index (χ1) is 9.81. The van der Waals surface area contributed by atoms with Crippen molar-refractivity contribution in [1.82, 2.24) is 0 Å². The van der Waals surface area contributed by atoms with Crippen LogP contribution in [0.3, 0.4) is 0 Å². The summed E-state index contributed by atoms with van der Waals surface area (Å²) in [5.74, 6) is -0.818. The van der Waals surface area contributed by atoms with Gasteiger partial charge in [0.2, 0.25) is 0 Å². The molecule has 112 valence electrons. The van der Waals surface area contributed by atoms with E-state index in [9.17, 15) is 17.6 Å². The number of ether oxygens (including phenoxy) is 1. The maximum atomic E-state index is 13.0. The van der Waals surface area contributed by atoms with Crippen LogP contribution in [0.2, 0.25) is 5.02 Å². The average Bonchev–Trinajstić information content (AvgIpc) is 2.42. The van der Waals surface area contributed by atoms with Gasteiger partial charge in [-0.1, -0.05) is 17.7 Å². The molecule has 2 rings (SSSR count). The predicted molar refractivity (Wildman–Crippen MR) is 72.5 cm³/mol. The molecule has 0 amide bonds. The number of hydrogen-bond donors (Lipinski definition) is 0. The van der Waals surface area contributed by atoms with Gasteiger partial charge in [0.25, 0.3) is 0 Å². The molecule has 0 heterocycles. The fourth-order valence-electron chi connectivity index (χ4n) is 1.68. The molecule has 0 atom stereocenters. The van der Waals surface area contributed by atoms with Crippen LogP contribution < -0.4 is 4.74 Å². The van der Waals surface area contributed by atoms with E-state index in [1.807, 2.05) is 0 Å². The van der Waals surface area contributed by atoms with Crippen molar-refractivity contribution in [2.45, 2.75) is 12.1 Å². The predicted octanol–water partition coefficient (Wildman–Crippen LogP) is 6.03. The monoisotopic (exact) mass is 338 g/mol. The first kappa shape index (κ1) is 15.9. The molecule has 0 aliphatic rings. The second kappa shape index (κ2) is 6.12. The summed E-state index contributed by atoms with van der Waals surface area (Å²) in [6.45, 7) is 0. The summed E-state index contributed by atoms with van der Waals surface area (Å²) in [4.78, 5) is 0. The summed E-state index contributed by atoms with van der Waals surface area (Å²) in [5.41, 5.74) is -0.920. The molecule has 0 aromatic heterocycles. The molecular formula is C14H8Cl2F4O. The Bertz CT molecular complexity index is 656. The summed E-state index contributed by atoms with van der Waals surface area (Å²) < 4.78 is 56.9. The lowest BCUT2D eigenvalue weighted by atomic mass is 10.1. The molecule has 0 spiro atoms. The molecule has 0 bridgehead atoms. The summed E-state index contributed by atoms with van der Waals surface area (Å²) in [7, 11) is 0. The zero-order chi connectivity index (χ0) is 15.6. The summed E-state index contributed by atoms with van der Waals surface area (Å²) in [5, 5.41) is -0.180. The van der Waals surface area contributed by atoms with Crippen molar-refractivity contribution in [1.29, 1.82) is 0 Å². The fourth-order valence-corrected chi connectivity index (χ4v) is 2.08. The third-order valence-electron chi connectivity index (χ3n) is 2.66. The van der Waals surface area contributed by atoms with E-state index in [4.69, 9.17) is 27.9 Å². The van der Waals surface area contributed by atoms with Gasteiger partial charge in [0, 0.05) is 11.9 Å². The Balaban J connectivity index is 2.34. The second-order valence-corrected chi connectivity index (χ2v) is 4.80. The number of rotatable bonds is 3. The highest BCUT2D eigenvalue weighted by Gasteiger charge is 2.33. The molecule has 1 nitrogen and oxygen atoms in total. The Morgan fingerprint density at radius 3 is 2.19 bits per heavy atom. The molecule has 7 heteroatoms. The maximum Gasteiger partial charge on any atom is 0.416 e. The van der Waals surface area contributed by atoms with Crippen molar-refractivity contribution in [3.63, 3.8) is 0 Å². The first-order valence-electron chi connectivity index (χ1n) is 5.70. The highest BCUT2D eigenvalue weighted by Crippen LogP contribution is 2.36. The second-order valence-electron chi connectivity index (χ2n) is 4.13. The van der Waals surface area contributed by atoms with E-state index >= 15 is 0 Å². The standard InChI is InChI=1S/C14H8Cl2F4O/c15-7-8-1-2-9(5-11(8)14(18,19)20)21-10-3-4-13(17)12(16)6-10/h1-6H,7H2. The lowest BCUT2D eigenvalue weighted by Crippen LogP contribution is -2.08. The highest BCUT2D eigenvalue weighted by atomic mass is 35.5. The summed E-state index contributed by atoms with van der Waals surface area (Å²) in [6.07, 6.45) is -4.54. The molecule has 0 saturated carbocycles. The summed E-state index contributed by atoms with van der Waals surface area (Å²) in [6, 6.07) is 6.94. The molecule has 2 aromatic rings. The van der Waals surface area contributed by atoms with Gasteiger partial charge in [-0.15, -0.1) is 11.6 Å². The number of hydrogen-bond acceptors (Lipinski definition) is 1. The molecule has 0 saturated heterocycles. The van der Waals surface area contributed by atoms with Crippen molar-refractivity contribution in [3.05, 3.63) is 58.4 Å². The van der Waals surface area contributed by atoms with Gasteiger partial charge in [0.05, 0.1) is 10.6 Å². The van der Waals surface area contributed by atoms with E-state index in [0.717, 1.165) is 12.1 Å². The van der Waals surface area contributed by atoms with Gasteiger partial charge >= 0.3 is 6.18 Å². The van der Waals surface area contributed by atoms with Gasteiger partial charge in [0.15, 0.2) is 0 Å². The van der Waals surface area contributed by atoms with Crippen LogP contribution in [0.25, 0.3) is 0 Å². The van der Waals surface area contributed by atoms with E-state index in [-0.39, 0.29) is 28.0 Å². The largest absolute Gasteiger partial charge is 0.457 e. The Labute approximate surface area is 128 Å². The number of benzene rings is 2. The molecule has 21 heavy (non-hydrogen) atoms. The molecule has 0 aliphatic heterocycles. The van der Waals surface area contributed by atoms with Crippen molar-refractivity contribution < 1.29 is 22.3 Å². The molecule has 2 aromatic carbocycles. The number of alkyl halides is 4. The molecular weight excluding hydrogens is 331 g/mol. The third kappa shape index (κ3) is 3.80. The summed E-state index contributed by atoms with van der Waals surface area (Å²) >= 11 is 11.1. The van der Waals surface area contributed by atoms with Gasteiger partial charge in [0.1, 0.15) is 17.3 Å². The minimum atomic E-state index is -4.54. The number of halogens is 6. The third-order valence-corrected chi connectivity index (χ3v) is 3.24. The van der Waals surface area contributed by atoms with Crippen molar-refractivity contribution in [3.8, 4) is 11.5 Å². The molecule has 0 aliphatic carbocycles. The van der Waals surface area contributed by atoms with Crippen molar-refractivity contribution >= 4 is 23.2 Å². The molecule has 0 radical (unpaired) electrons. The van der Waals surface area contributed by atoms with E-state index < -0.39 is 17.6 Å². The van der Waals surface area contributed by atoms with E-state index in [2.05, 4.69) is 0 Å². The molecule has 0 N–H and O–H groups in total.